The molecular weight excluding hydrogens is 216 g/mol. The summed E-state index contributed by atoms with van der Waals surface area (Å²) < 4.78 is 5.74. The summed E-state index contributed by atoms with van der Waals surface area (Å²) >= 11 is 0. The Kier molecular flexibility index (Phi) is 5.26. The van der Waals surface area contributed by atoms with Gasteiger partial charge in [0, 0.05) is 13.2 Å². The minimum atomic E-state index is -0.200. The summed E-state index contributed by atoms with van der Waals surface area (Å²) in [5, 5.41) is 6.31. The fourth-order valence-electron chi connectivity index (χ4n) is 2.62. The molecule has 2 rings (SSSR count). The molecule has 2 aliphatic rings. The van der Waals surface area contributed by atoms with Gasteiger partial charge >= 0.3 is 0 Å². The number of rotatable bonds is 4. The number of carbonyl (C=O) groups excluding carboxylic acids is 1. The van der Waals surface area contributed by atoms with Gasteiger partial charge in [0.25, 0.3) is 0 Å². The average Bonchev–Trinajstić information content (AvgIpc) is 2.56. The molecule has 17 heavy (non-hydrogen) atoms. The van der Waals surface area contributed by atoms with Crippen LogP contribution in [0.5, 0.6) is 0 Å². The van der Waals surface area contributed by atoms with Gasteiger partial charge in [-0.05, 0) is 57.5 Å². The SMILES string of the molecule is O=C1NCCCCC1OCCC1CCCNC1. The second-order valence-corrected chi connectivity index (χ2v) is 5.15. The van der Waals surface area contributed by atoms with E-state index < -0.39 is 0 Å². The molecule has 0 aromatic heterocycles. The van der Waals surface area contributed by atoms with Gasteiger partial charge in [0.15, 0.2) is 0 Å². The van der Waals surface area contributed by atoms with Crippen LogP contribution in [0.15, 0.2) is 0 Å². The van der Waals surface area contributed by atoms with Crippen molar-refractivity contribution < 1.29 is 9.53 Å². The minimum Gasteiger partial charge on any atom is -0.368 e. The van der Waals surface area contributed by atoms with Gasteiger partial charge in [-0.15, -0.1) is 0 Å². The van der Waals surface area contributed by atoms with Gasteiger partial charge in [-0.3, -0.25) is 4.79 Å². The van der Waals surface area contributed by atoms with Crippen LogP contribution in [0.25, 0.3) is 0 Å². The number of hydrogen-bond acceptors (Lipinski definition) is 3. The first kappa shape index (κ1) is 12.8. The molecule has 2 fully saturated rings. The highest BCUT2D eigenvalue weighted by Crippen LogP contribution is 2.15. The summed E-state index contributed by atoms with van der Waals surface area (Å²) in [6.45, 7) is 3.80. The van der Waals surface area contributed by atoms with E-state index in [9.17, 15) is 4.79 Å². The van der Waals surface area contributed by atoms with Crippen molar-refractivity contribution in [3.63, 3.8) is 0 Å². The molecule has 2 N–H and O–H groups in total. The zero-order chi connectivity index (χ0) is 11.9. The first-order valence-electron chi connectivity index (χ1n) is 6.96. The zero-order valence-corrected chi connectivity index (χ0v) is 10.5. The number of carbonyl (C=O) groups is 1. The van der Waals surface area contributed by atoms with Crippen LogP contribution >= 0.6 is 0 Å². The Bertz CT molecular complexity index is 240. The van der Waals surface area contributed by atoms with Crippen LogP contribution in [-0.2, 0) is 9.53 Å². The van der Waals surface area contributed by atoms with E-state index in [2.05, 4.69) is 10.6 Å². The third-order valence-corrected chi connectivity index (χ3v) is 3.73. The van der Waals surface area contributed by atoms with E-state index in [1.54, 1.807) is 0 Å². The van der Waals surface area contributed by atoms with E-state index in [1.165, 1.54) is 12.8 Å². The van der Waals surface area contributed by atoms with E-state index in [0.29, 0.717) is 0 Å². The van der Waals surface area contributed by atoms with Crippen molar-refractivity contribution in [2.45, 2.75) is 44.6 Å². The summed E-state index contributed by atoms with van der Waals surface area (Å²) in [5.74, 6) is 0.821. The highest BCUT2D eigenvalue weighted by molar-refractivity contribution is 5.80. The summed E-state index contributed by atoms with van der Waals surface area (Å²) in [4.78, 5) is 11.6. The summed E-state index contributed by atoms with van der Waals surface area (Å²) in [5.41, 5.74) is 0. The standard InChI is InChI=1S/C13H24N2O2/c16-13-12(5-1-2-8-15-13)17-9-6-11-4-3-7-14-10-11/h11-12,14H,1-10H2,(H,15,16). The Morgan fingerprint density at radius 1 is 1.18 bits per heavy atom. The van der Waals surface area contributed by atoms with Crippen LogP contribution in [0.2, 0.25) is 0 Å². The van der Waals surface area contributed by atoms with Crippen LogP contribution in [0.3, 0.4) is 0 Å². The first-order chi connectivity index (χ1) is 8.36. The van der Waals surface area contributed by atoms with Gasteiger partial charge in [-0.25, -0.2) is 0 Å². The lowest BCUT2D eigenvalue weighted by Gasteiger charge is -2.23. The van der Waals surface area contributed by atoms with Gasteiger partial charge in [0.2, 0.25) is 5.91 Å². The molecule has 0 aliphatic carbocycles. The molecule has 98 valence electrons. The molecule has 2 unspecified atom stereocenters. The quantitative estimate of drug-likeness (QED) is 0.772. The van der Waals surface area contributed by atoms with E-state index in [4.69, 9.17) is 4.74 Å². The Morgan fingerprint density at radius 3 is 2.94 bits per heavy atom. The Morgan fingerprint density at radius 2 is 2.12 bits per heavy atom. The van der Waals surface area contributed by atoms with E-state index in [-0.39, 0.29) is 12.0 Å². The molecule has 0 saturated carbocycles. The molecule has 2 saturated heterocycles. The van der Waals surface area contributed by atoms with Crippen LogP contribution in [-0.4, -0.2) is 38.3 Å². The maximum atomic E-state index is 11.6. The molecule has 0 radical (unpaired) electrons. The van der Waals surface area contributed by atoms with Gasteiger partial charge < -0.3 is 15.4 Å². The normalized spacial score (nSPS) is 30.7. The van der Waals surface area contributed by atoms with E-state index in [1.807, 2.05) is 0 Å². The third kappa shape index (κ3) is 4.28. The average molecular weight is 240 g/mol. The van der Waals surface area contributed by atoms with Crippen molar-refractivity contribution >= 4 is 5.91 Å². The summed E-state index contributed by atoms with van der Waals surface area (Å²) in [6.07, 6.45) is 6.51. The molecule has 0 aromatic rings. The lowest BCUT2D eigenvalue weighted by Crippen LogP contribution is -2.35. The van der Waals surface area contributed by atoms with Crippen molar-refractivity contribution in [1.29, 1.82) is 0 Å². The van der Waals surface area contributed by atoms with Gasteiger partial charge in [-0.2, -0.15) is 0 Å². The van der Waals surface area contributed by atoms with Gasteiger partial charge in [0.1, 0.15) is 6.10 Å². The predicted molar refractivity (Wildman–Crippen MR) is 66.8 cm³/mol. The molecule has 2 atom stereocenters. The molecule has 0 spiro atoms. The van der Waals surface area contributed by atoms with E-state index in [0.717, 1.165) is 57.8 Å². The van der Waals surface area contributed by atoms with Gasteiger partial charge in [-0.1, -0.05) is 0 Å². The highest BCUT2D eigenvalue weighted by atomic mass is 16.5. The Labute approximate surface area is 103 Å². The van der Waals surface area contributed by atoms with Crippen molar-refractivity contribution in [3.8, 4) is 0 Å². The Hall–Kier alpha value is -0.610. The number of amides is 1. The van der Waals surface area contributed by atoms with Crippen LogP contribution < -0.4 is 10.6 Å². The van der Waals surface area contributed by atoms with Crippen molar-refractivity contribution in [2.24, 2.45) is 5.92 Å². The summed E-state index contributed by atoms with van der Waals surface area (Å²) in [7, 11) is 0. The number of piperidine rings is 1. The second-order valence-electron chi connectivity index (χ2n) is 5.15. The maximum Gasteiger partial charge on any atom is 0.249 e. The molecule has 2 aliphatic heterocycles. The summed E-state index contributed by atoms with van der Waals surface area (Å²) in [6, 6.07) is 0. The third-order valence-electron chi connectivity index (χ3n) is 3.73. The second kappa shape index (κ2) is 6.97. The molecule has 0 aromatic carbocycles. The molecule has 4 heteroatoms. The van der Waals surface area contributed by atoms with Crippen molar-refractivity contribution in [2.75, 3.05) is 26.2 Å². The number of nitrogens with one attached hydrogen (secondary N) is 2. The predicted octanol–water partition coefficient (Wildman–Crippen LogP) is 1.06. The maximum absolute atomic E-state index is 11.6. The molecule has 4 nitrogen and oxygen atoms in total. The fraction of sp³-hybridized carbons (Fsp3) is 0.923. The highest BCUT2D eigenvalue weighted by Gasteiger charge is 2.21. The van der Waals surface area contributed by atoms with E-state index >= 15 is 0 Å². The first-order valence-corrected chi connectivity index (χ1v) is 6.96. The Balaban J connectivity index is 1.64. The minimum absolute atomic E-state index is 0.0873. The molecular formula is C13H24N2O2. The molecule has 1 amide bonds. The van der Waals surface area contributed by atoms with Crippen LogP contribution in [0, 0.1) is 5.92 Å². The fourth-order valence-corrected chi connectivity index (χ4v) is 2.62. The smallest absolute Gasteiger partial charge is 0.249 e. The topological polar surface area (TPSA) is 50.4 Å². The van der Waals surface area contributed by atoms with Gasteiger partial charge in [0.05, 0.1) is 0 Å². The van der Waals surface area contributed by atoms with Crippen molar-refractivity contribution in [3.05, 3.63) is 0 Å². The number of ether oxygens (including phenoxy) is 1. The van der Waals surface area contributed by atoms with Crippen LogP contribution in [0.1, 0.15) is 38.5 Å². The molecule has 0 bridgehead atoms. The number of hydrogen-bond donors (Lipinski definition) is 2. The lowest BCUT2D eigenvalue weighted by atomic mass is 9.97. The largest absolute Gasteiger partial charge is 0.368 e. The molecule has 2 heterocycles. The van der Waals surface area contributed by atoms with Crippen molar-refractivity contribution in [1.82, 2.24) is 10.6 Å². The van der Waals surface area contributed by atoms with Crippen LogP contribution in [0.4, 0.5) is 0 Å². The zero-order valence-electron chi connectivity index (χ0n) is 10.5. The lowest BCUT2D eigenvalue weighted by molar-refractivity contribution is -0.132. The monoisotopic (exact) mass is 240 g/mol.